The molecule has 1 aliphatic rings. The largest absolute Gasteiger partial charge is 0.366 e. The Kier molecular flexibility index (Phi) is 4.34. The van der Waals surface area contributed by atoms with Gasteiger partial charge in [-0.3, -0.25) is 4.99 Å². The van der Waals surface area contributed by atoms with Gasteiger partial charge in [0.05, 0.1) is 12.6 Å². The summed E-state index contributed by atoms with van der Waals surface area (Å²) in [4.78, 5) is 4.63. The lowest BCUT2D eigenvalue weighted by atomic mass is 9.84. The summed E-state index contributed by atoms with van der Waals surface area (Å²) >= 11 is 0. The molecule has 0 radical (unpaired) electrons. The minimum Gasteiger partial charge on any atom is -0.366 e. The van der Waals surface area contributed by atoms with E-state index in [0.29, 0.717) is 12.0 Å². The average molecular weight is 201 g/mol. The van der Waals surface area contributed by atoms with Crippen LogP contribution in [-0.2, 0) is 4.52 Å². The second-order valence-corrected chi connectivity index (χ2v) is 4.18. The van der Waals surface area contributed by atoms with E-state index in [0.717, 1.165) is 18.9 Å². The fourth-order valence-corrected chi connectivity index (χ4v) is 2.54. The Labute approximate surface area is 83.4 Å². The first kappa shape index (κ1) is 11.1. The van der Waals surface area contributed by atoms with Crippen molar-refractivity contribution in [2.45, 2.75) is 39.7 Å². The maximum absolute atomic E-state index is 5.04. The Morgan fingerprint density at radius 2 is 2.23 bits per heavy atom. The van der Waals surface area contributed by atoms with E-state index in [-0.39, 0.29) is 0 Å². The van der Waals surface area contributed by atoms with Crippen LogP contribution in [0.25, 0.3) is 0 Å². The van der Waals surface area contributed by atoms with Gasteiger partial charge in [0.15, 0.2) is 0 Å². The van der Waals surface area contributed by atoms with Crippen LogP contribution < -0.4 is 0 Å². The van der Waals surface area contributed by atoms with Crippen LogP contribution in [0.15, 0.2) is 4.99 Å². The molecule has 1 unspecified atom stereocenters. The molecule has 1 rings (SSSR count). The molecule has 4 atom stereocenters. The van der Waals surface area contributed by atoms with Crippen LogP contribution in [-0.4, -0.2) is 18.4 Å². The van der Waals surface area contributed by atoms with Crippen LogP contribution in [0.1, 0.15) is 33.6 Å². The van der Waals surface area contributed by atoms with Crippen LogP contribution in [0.4, 0.5) is 0 Å². The fraction of sp³-hybridized carbons (Fsp3) is 0.900. The standard InChI is InChI=1S/C10H20NOP/c1-4-9-7(2)11-8(3)10(9)5-6-12-13/h7,9-10H,4-6,13H2,1-3H3/t7-,9-,10-/m0/s1. The summed E-state index contributed by atoms with van der Waals surface area (Å²) in [5.41, 5.74) is 1.32. The van der Waals surface area contributed by atoms with Crippen molar-refractivity contribution in [2.75, 3.05) is 6.61 Å². The minimum absolute atomic E-state index is 0.513. The smallest absolute Gasteiger partial charge is 0.0508 e. The number of nitrogens with zero attached hydrogens (tertiary/aromatic N) is 1. The number of hydrogen-bond acceptors (Lipinski definition) is 2. The molecule has 13 heavy (non-hydrogen) atoms. The average Bonchev–Trinajstić information content (AvgIpc) is 2.37. The molecule has 0 aromatic heterocycles. The molecule has 0 aromatic carbocycles. The summed E-state index contributed by atoms with van der Waals surface area (Å²) in [5.74, 6) is 1.39. The van der Waals surface area contributed by atoms with E-state index in [9.17, 15) is 0 Å². The zero-order valence-corrected chi connectivity index (χ0v) is 9.94. The molecule has 2 nitrogen and oxygen atoms in total. The third-order valence-corrected chi connectivity index (χ3v) is 3.33. The van der Waals surface area contributed by atoms with Gasteiger partial charge in [-0.25, -0.2) is 0 Å². The van der Waals surface area contributed by atoms with Gasteiger partial charge in [-0.2, -0.15) is 0 Å². The molecule has 1 aliphatic heterocycles. The molecule has 0 N–H and O–H groups in total. The summed E-state index contributed by atoms with van der Waals surface area (Å²) in [6.07, 6.45) is 2.34. The van der Waals surface area contributed by atoms with Gasteiger partial charge >= 0.3 is 0 Å². The van der Waals surface area contributed by atoms with Gasteiger partial charge in [-0.1, -0.05) is 13.3 Å². The highest BCUT2D eigenvalue weighted by Gasteiger charge is 2.32. The topological polar surface area (TPSA) is 21.6 Å². The van der Waals surface area contributed by atoms with Crippen LogP contribution in [0.3, 0.4) is 0 Å². The zero-order chi connectivity index (χ0) is 9.84. The van der Waals surface area contributed by atoms with Crippen LogP contribution >= 0.6 is 9.47 Å². The Hall–Kier alpha value is 0.0600. The Morgan fingerprint density at radius 3 is 2.77 bits per heavy atom. The van der Waals surface area contributed by atoms with Gasteiger partial charge in [-0.15, -0.1) is 0 Å². The summed E-state index contributed by atoms with van der Waals surface area (Å²) in [7, 11) is 2.31. The third-order valence-electron chi connectivity index (χ3n) is 3.10. The first-order valence-electron chi connectivity index (χ1n) is 5.06. The van der Waals surface area contributed by atoms with Crippen molar-refractivity contribution in [3.63, 3.8) is 0 Å². The molecule has 0 aliphatic carbocycles. The maximum atomic E-state index is 5.04. The molecule has 76 valence electrons. The highest BCUT2D eigenvalue weighted by atomic mass is 31.0. The first-order valence-corrected chi connectivity index (χ1v) is 5.53. The zero-order valence-electron chi connectivity index (χ0n) is 8.79. The molecule has 1 heterocycles. The predicted molar refractivity (Wildman–Crippen MR) is 60.1 cm³/mol. The SMILES string of the molecule is CC[C@H]1[C@H](C)N=C(C)[C@@H]1CCOP. The van der Waals surface area contributed by atoms with Crippen molar-refractivity contribution in [1.29, 1.82) is 0 Å². The van der Waals surface area contributed by atoms with E-state index < -0.39 is 0 Å². The molecule has 0 amide bonds. The van der Waals surface area contributed by atoms with E-state index in [1.54, 1.807) is 0 Å². The number of rotatable bonds is 4. The highest BCUT2D eigenvalue weighted by Crippen LogP contribution is 2.32. The van der Waals surface area contributed by atoms with E-state index in [1.807, 2.05) is 0 Å². The van der Waals surface area contributed by atoms with Crippen LogP contribution in [0, 0.1) is 11.8 Å². The lowest BCUT2D eigenvalue weighted by Gasteiger charge is -2.20. The first-order chi connectivity index (χ1) is 6.20. The summed E-state index contributed by atoms with van der Waals surface area (Å²) in [5, 5.41) is 0. The molecule has 0 spiro atoms. The highest BCUT2D eigenvalue weighted by molar-refractivity contribution is 7.09. The third kappa shape index (κ3) is 2.51. The van der Waals surface area contributed by atoms with Crippen molar-refractivity contribution in [3.8, 4) is 0 Å². The fourth-order valence-electron chi connectivity index (χ4n) is 2.40. The number of hydrogen-bond donors (Lipinski definition) is 0. The minimum atomic E-state index is 0.513. The van der Waals surface area contributed by atoms with E-state index in [4.69, 9.17) is 4.52 Å². The van der Waals surface area contributed by atoms with Gasteiger partial charge < -0.3 is 4.52 Å². The normalized spacial score (nSPS) is 33.5. The van der Waals surface area contributed by atoms with Crippen molar-refractivity contribution in [3.05, 3.63) is 0 Å². The molecule has 3 heteroatoms. The van der Waals surface area contributed by atoms with Crippen LogP contribution in [0.2, 0.25) is 0 Å². The maximum Gasteiger partial charge on any atom is 0.0508 e. The van der Waals surface area contributed by atoms with Crippen molar-refractivity contribution in [1.82, 2.24) is 0 Å². The van der Waals surface area contributed by atoms with Gasteiger partial charge in [0.2, 0.25) is 0 Å². The van der Waals surface area contributed by atoms with E-state index >= 15 is 0 Å². The van der Waals surface area contributed by atoms with E-state index in [1.165, 1.54) is 12.1 Å². The van der Waals surface area contributed by atoms with Gasteiger partial charge in [0.25, 0.3) is 0 Å². The lowest BCUT2D eigenvalue weighted by molar-refractivity contribution is 0.292. The Morgan fingerprint density at radius 1 is 1.54 bits per heavy atom. The monoisotopic (exact) mass is 201 g/mol. The summed E-state index contributed by atoms with van der Waals surface area (Å²) < 4.78 is 5.04. The summed E-state index contributed by atoms with van der Waals surface area (Å²) in [6, 6.07) is 0.513. The Bertz CT molecular complexity index is 193. The van der Waals surface area contributed by atoms with Crippen molar-refractivity contribution >= 4 is 15.2 Å². The van der Waals surface area contributed by atoms with Crippen LogP contribution in [0.5, 0.6) is 0 Å². The predicted octanol–water partition coefficient (Wildman–Crippen LogP) is 2.69. The molecular formula is C10H20NOP. The van der Waals surface area contributed by atoms with Gasteiger partial charge in [0.1, 0.15) is 0 Å². The summed E-state index contributed by atoms with van der Waals surface area (Å²) in [6.45, 7) is 7.45. The molecule has 0 fully saturated rings. The second kappa shape index (κ2) is 5.07. The van der Waals surface area contributed by atoms with E-state index in [2.05, 4.69) is 35.2 Å². The van der Waals surface area contributed by atoms with Crippen molar-refractivity contribution < 1.29 is 4.52 Å². The molecular weight excluding hydrogens is 181 g/mol. The Balaban J connectivity index is 2.54. The number of aliphatic imine (C=N–C) groups is 1. The molecule has 0 saturated heterocycles. The van der Waals surface area contributed by atoms with Crippen molar-refractivity contribution in [2.24, 2.45) is 16.8 Å². The molecule has 0 aromatic rings. The quantitative estimate of drug-likeness (QED) is 0.641. The van der Waals surface area contributed by atoms with Gasteiger partial charge in [-0.05, 0) is 26.2 Å². The second-order valence-electron chi connectivity index (χ2n) is 3.85. The molecule has 0 bridgehead atoms. The lowest BCUT2D eigenvalue weighted by Crippen LogP contribution is -2.21. The van der Waals surface area contributed by atoms with Gasteiger partial charge in [0, 0.05) is 21.1 Å². The molecule has 0 saturated carbocycles.